The summed E-state index contributed by atoms with van der Waals surface area (Å²) in [5.41, 5.74) is 0. The lowest BCUT2D eigenvalue weighted by atomic mass is 10.0. The van der Waals surface area contributed by atoms with Gasteiger partial charge < -0.3 is 33.3 Å². The highest BCUT2D eigenvalue weighted by atomic mass is 16.7. The Labute approximate surface area is 479 Å². The Morgan fingerprint density at radius 3 is 1.09 bits per heavy atom. The van der Waals surface area contributed by atoms with Crippen molar-refractivity contribution in [3.8, 4) is 0 Å². The van der Waals surface area contributed by atoms with E-state index in [1.165, 1.54) is 109 Å². The topological polar surface area (TPSA) is 111 Å². The standard InChI is InChI=1S/C69H117NO8/c1-6-8-10-12-14-16-18-20-22-24-26-28-29-30-31-32-33-34-35-36-37-38-39-40-42-44-46-48-50-52-54-56-58-60-67(72)78-65(64-77-69(68(73)74)75-62-61-70(3,4)5)63-76-66(71)59-57-55-53-51-49-47-45-43-41-27-25-23-21-19-17-15-13-11-9-7-2/h8,10,14,16,20,22,26,28,30-31,33-34,36-37,39-40,44,46,65,69H,6-7,9,11-13,15,17-19,21,23-25,27,29,32,35,38,41-43,45,47-64H2,1-5H3/b10-8-,16-14-,22-20-,28-26-,31-30-,34-33-,37-36-,40-39-,46-44-. The lowest BCUT2D eigenvalue weighted by Crippen LogP contribution is -2.44. The molecule has 0 fully saturated rings. The zero-order valence-corrected chi connectivity index (χ0v) is 50.8. The number of carboxylic acid groups (broad SMARTS) is 1. The lowest BCUT2D eigenvalue weighted by Gasteiger charge is -2.26. The minimum Gasteiger partial charge on any atom is -0.545 e. The van der Waals surface area contributed by atoms with Gasteiger partial charge in [-0.25, -0.2) is 0 Å². The van der Waals surface area contributed by atoms with E-state index in [1.807, 2.05) is 21.1 Å². The number of carbonyl (C=O) groups is 3. The molecule has 0 heterocycles. The van der Waals surface area contributed by atoms with E-state index in [4.69, 9.17) is 18.9 Å². The summed E-state index contributed by atoms with van der Waals surface area (Å²) in [5.74, 6) is -2.31. The molecular formula is C69H117NO8. The molecule has 446 valence electrons. The molecule has 0 aliphatic rings. The molecule has 0 aliphatic heterocycles. The second kappa shape index (κ2) is 59.1. The molecule has 0 N–H and O–H groups in total. The molecule has 0 spiro atoms. The zero-order valence-electron chi connectivity index (χ0n) is 50.8. The predicted molar refractivity (Wildman–Crippen MR) is 329 cm³/mol. The van der Waals surface area contributed by atoms with E-state index in [0.717, 1.165) is 109 Å². The minimum atomic E-state index is -1.63. The van der Waals surface area contributed by atoms with Gasteiger partial charge in [0.2, 0.25) is 0 Å². The molecule has 0 bridgehead atoms. The molecule has 2 unspecified atom stereocenters. The van der Waals surface area contributed by atoms with Gasteiger partial charge in [0.1, 0.15) is 13.2 Å². The van der Waals surface area contributed by atoms with E-state index < -0.39 is 24.3 Å². The number of ether oxygens (including phenoxy) is 4. The molecule has 0 aromatic rings. The highest BCUT2D eigenvalue weighted by Gasteiger charge is 2.22. The smallest absolute Gasteiger partial charge is 0.306 e. The Balaban J connectivity index is 4.27. The van der Waals surface area contributed by atoms with E-state index in [9.17, 15) is 19.5 Å². The number of carbonyl (C=O) groups excluding carboxylic acids is 3. The molecule has 9 nitrogen and oxygen atoms in total. The highest BCUT2D eigenvalue weighted by Crippen LogP contribution is 2.16. The number of allylic oxidation sites excluding steroid dienone is 18. The van der Waals surface area contributed by atoms with E-state index in [2.05, 4.69) is 123 Å². The molecule has 78 heavy (non-hydrogen) atoms. The molecule has 0 aromatic carbocycles. The van der Waals surface area contributed by atoms with Crippen LogP contribution in [0.5, 0.6) is 0 Å². The van der Waals surface area contributed by atoms with Crippen molar-refractivity contribution in [1.82, 2.24) is 0 Å². The maximum Gasteiger partial charge on any atom is 0.306 e. The number of unbranched alkanes of at least 4 members (excludes halogenated alkanes) is 24. The van der Waals surface area contributed by atoms with Gasteiger partial charge in [0.15, 0.2) is 12.4 Å². The fraction of sp³-hybridized carbons (Fsp3) is 0.696. The first-order valence-electron chi connectivity index (χ1n) is 31.5. The number of hydrogen-bond acceptors (Lipinski definition) is 8. The molecule has 0 aromatic heterocycles. The van der Waals surface area contributed by atoms with Crippen molar-refractivity contribution in [3.63, 3.8) is 0 Å². The first-order valence-corrected chi connectivity index (χ1v) is 31.5. The van der Waals surface area contributed by atoms with E-state index in [0.29, 0.717) is 17.4 Å². The first kappa shape index (κ1) is 74.0. The third-order valence-corrected chi connectivity index (χ3v) is 13.3. The van der Waals surface area contributed by atoms with Gasteiger partial charge in [-0.3, -0.25) is 9.59 Å². The summed E-state index contributed by atoms with van der Waals surface area (Å²) in [6, 6.07) is 0. The van der Waals surface area contributed by atoms with Crippen molar-refractivity contribution in [2.24, 2.45) is 0 Å². The Morgan fingerprint density at radius 2 is 0.731 bits per heavy atom. The number of aliphatic carboxylic acids is 1. The largest absolute Gasteiger partial charge is 0.545 e. The summed E-state index contributed by atoms with van der Waals surface area (Å²) in [6.45, 7) is 4.62. The van der Waals surface area contributed by atoms with Crippen LogP contribution >= 0.6 is 0 Å². The van der Waals surface area contributed by atoms with Crippen LogP contribution in [0.15, 0.2) is 109 Å². The quantitative estimate of drug-likeness (QED) is 0.0195. The van der Waals surface area contributed by atoms with Gasteiger partial charge in [-0.05, 0) is 83.5 Å². The average Bonchev–Trinajstić information content (AvgIpc) is 3.41. The number of carboxylic acids is 1. The third-order valence-electron chi connectivity index (χ3n) is 13.3. The first-order chi connectivity index (χ1) is 38.1. The molecule has 0 saturated carbocycles. The van der Waals surface area contributed by atoms with Crippen molar-refractivity contribution in [1.29, 1.82) is 0 Å². The summed E-state index contributed by atoms with van der Waals surface area (Å²) >= 11 is 0. The molecule has 0 saturated heterocycles. The van der Waals surface area contributed by atoms with Crippen LogP contribution < -0.4 is 5.11 Å². The van der Waals surface area contributed by atoms with Crippen molar-refractivity contribution in [2.75, 3.05) is 47.5 Å². The molecular weight excluding hydrogens is 971 g/mol. The number of rotatable bonds is 57. The fourth-order valence-electron chi connectivity index (χ4n) is 8.47. The van der Waals surface area contributed by atoms with Crippen LogP contribution in [-0.2, 0) is 33.3 Å². The van der Waals surface area contributed by atoms with Crippen LogP contribution in [-0.4, -0.2) is 82.3 Å². The summed E-state index contributed by atoms with van der Waals surface area (Å²) in [4.78, 5) is 37.4. The van der Waals surface area contributed by atoms with Gasteiger partial charge in [-0.2, -0.15) is 0 Å². The van der Waals surface area contributed by atoms with Crippen molar-refractivity contribution < 1.29 is 42.9 Å². The van der Waals surface area contributed by atoms with Gasteiger partial charge in [-0.1, -0.05) is 264 Å². The van der Waals surface area contributed by atoms with E-state index >= 15 is 0 Å². The van der Waals surface area contributed by atoms with Crippen molar-refractivity contribution in [2.45, 2.75) is 264 Å². The van der Waals surface area contributed by atoms with Gasteiger partial charge in [0, 0.05) is 12.8 Å². The molecule has 0 amide bonds. The second-order valence-corrected chi connectivity index (χ2v) is 22.0. The number of esters is 2. The van der Waals surface area contributed by atoms with Crippen LogP contribution in [0, 0.1) is 0 Å². The average molecular weight is 1090 g/mol. The van der Waals surface area contributed by atoms with Crippen LogP contribution in [0.4, 0.5) is 0 Å². The van der Waals surface area contributed by atoms with Crippen LogP contribution in [0.2, 0.25) is 0 Å². The SMILES string of the molecule is CC/C=C\C/C=C\C/C=C\C/C=C\C/C=C\C/C=C\C/C=C\C/C=C\C/C=C\CCCCCCCC(=O)OC(COC(=O)CCCCCCCCCCCCCCCCCCCCCC)COC(OCC[N+](C)(C)C)C(=O)[O-]. The number of likely N-dealkylation sites (N-methyl/N-ethyl adjacent to an activating group) is 1. The summed E-state index contributed by atoms with van der Waals surface area (Å²) in [5, 5.41) is 11.8. The van der Waals surface area contributed by atoms with Crippen LogP contribution in [0.3, 0.4) is 0 Å². The monoisotopic (exact) mass is 1090 g/mol. The molecule has 9 heteroatoms. The van der Waals surface area contributed by atoms with Crippen molar-refractivity contribution >= 4 is 17.9 Å². The summed E-state index contributed by atoms with van der Waals surface area (Å²) in [7, 11) is 5.91. The fourth-order valence-corrected chi connectivity index (χ4v) is 8.47. The van der Waals surface area contributed by atoms with Crippen LogP contribution in [0.25, 0.3) is 0 Å². The lowest BCUT2D eigenvalue weighted by molar-refractivity contribution is -0.870. The number of hydrogen-bond donors (Lipinski definition) is 0. The molecule has 0 aliphatic carbocycles. The van der Waals surface area contributed by atoms with Gasteiger partial charge in [-0.15, -0.1) is 0 Å². The summed E-state index contributed by atoms with van der Waals surface area (Å²) in [6.07, 6.45) is 78.6. The van der Waals surface area contributed by atoms with Crippen LogP contribution in [0.1, 0.15) is 251 Å². The predicted octanol–water partition coefficient (Wildman–Crippen LogP) is 17.7. The van der Waals surface area contributed by atoms with Gasteiger partial charge in [0.05, 0.1) is 40.3 Å². The molecule has 0 rings (SSSR count). The molecule has 2 atom stereocenters. The third kappa shape index (κ3) is 59.6. The normalized spacial score (nSPS) is 13.5. The zero-order chi connectivity index (χ0) is 56.9. The Morgan fingerprint density at radius 1 is 0.397 bits per heavy atom. The molecule has 0 radical (unpaired) electrons. The Bertz CT molecular complexity index is 1640. The minimum absolute atomic E-state index is 0.139. The Hall–Kier alpha value is -4.05. The maximum absolute atomic E-state index is 12.9. The van der Waals surface area contributed by atoms with Gasteiger partial charge >= 0.3 is 11.9 Å². The van der Waals surface area contributed by atoms with E-state index in [1.54, 1.807) is 0 Å². The highest BCUT2D eigenvalue weighted by molar-refractivity contribution is 5.70. The summed E-state index contributed by atoms with van der Waals surface area (Å²) < 4.78 is 22.7. The van der Waals surface area contributed by atoms with Crippen molar-refractivity contribution in [3.05, 3.63) is 109 Å². The maximum atomic E-state index is 12.9. The van der Waals surface area contributed by atoms with Gasteiger partial charge in [0.25, 0.3) is 0 Å². The van der Waals surface area contributed by atoms with E-state index in [-0.39, 0.29) is 38.6 Å². The number of nitrogens with zero attached hydrogens (tertiary/aromatic N) is 1. The Kier molecular flexibility index (Phi) is 56.0. The second-order valence-electron chi connectivity index (χ2n) is 22.0. The number of quaternary nitrogens is 1.